The zero-order valence-electron chi connectivity index (χ0n) is 12.1. The number of ether oxygens (including phenoxy) is 1. The van der Waals surface area contributed by atoms with E-state index in [0.717, 1.165) is 0 Å². The van der Waals surface area contributed by atoms with Gasteiger partial charge in [-0.15, -0.1) is 0 Å². The molecule has 1 aliphatic rings. The SMILES string of the molecule is CSc1nc(NN)cc(NC(C)C(=O)N2CCOCC2)n1. The second kappa shape index (κ2) is 7.43. The van der Waals surface area contributed by atoms with Gasteiger partial charge in [0, 0.05) is 19.2 Å². The van der Waals surface area contributed by atoms with E-state index in [4.69, 9.17) is 10.6 Å². The average molecular weight is 312 g/mol. The van der Waals surface area contributed by atoms with Crippen LogP contribution in [0.1, 0.15) is 6.92 Å². The van der Waals surface area contributed by atoms with Gasteiger partial charge in [0.2, 0.25) is 5.91 Å². The van der Waals surface area contributed by atoms with Gasteiger partial charge in [0.25, 0.3) is 0 Å². The molecule has 1 aromatic rings. The van der Waals surface area contributed by atoms with Crippen molar-refractivity contribution in [3.05, 3.63) is 6.07 Å². The van der Waals surface area contributed by atoms with Crippen LogP contribution in [0, 0.1) is 0 Å². The summed E-state index contributed by atoms with van der Waals surface area (Å²) in [7, 11) is 0. The molecule has 1 aliphatic heterocycles. The van der Waals surface area contributed by atoms with Crippen LogP contribution in [0.4, 0.5) is 11.6 Å². The van der Waals surface area contributed by atoms with E-state index in [0.29, 0.717) is 43.1 Å². The number of amides is 1. The molecule has 1 aromatic heterocycles. The number of aromatic nitrogens is 2. The number of carbonyl (C=O) groups is 1. The van der Waals surface area contributed by atoms with Crippen molar-refractivity contribution in [1.29, 1.82) is 0 Å². The lowest BCUT2D eigenvalue weighted by atomic mass is 10.2. The van der Waals surface area contributed by atoms with Crippen molar-refractivity contribution in [2.45, 2.75) is 18.1 Å². The minimum absolute atomic E-state index is 0.0323. The van der Waals surface area contributed by atoms with Gasteiger partial charge >= 0.3 is 0 Å². The Labute approximate surface area is 127 Å². The lowest BCUT2D eigenvalue weighted by Gasteiger charge is -2.29. The minimum atomic E-state index is -0.377. The number of anilines is 2. The van der Waals surface area contributed by atoms with Gasteiger partial charge in [-0.25, -0.2) is 15.8 Å². The van der Waals surface area contributed by atoms with Crippen LogP contribution >= 0.6 is 11.8 Å². The first kappa shape index (κ1) is 15.8. The Balaban J connectivity index is 2.04. The third-order valence-corrected chi connectivity index (χ3v) is 3.64. The van der Waals surface area contributed by atoms with Gasteiger partial charge in [0.05, 0.1) is 13.2 Å². The Kier molecular flexibility index (Phi) is 5.59. The van der Waals surface area contributed by atoms with Crippen LogP contribution in [-0.4, -0.2) is 59.4 Å². The largest absolute Gasteiger partial charge is 0.378 e. The lowest BCUT2D eigenvalue weighted by Crippen LogP contribution is -2.47. The molecule has 1 saturated heterocycles. The van der Waals surface area contributed by atoms with Gasteiger partial charge < -0.3 is 20.4 Å². The van der Waals surface area contributed by atoms with Crippen LogP contribution in [0.3, 0.4) is 0 Å². The summed E-state index contributed by atoms with van der Waals surface area (Å²) in [4.78, 5) is 22.6. The molecule has 0 aromatic carbocycles. The Hall–Kier alpha value is -1.58. The molecule has 1 unspecified atom stereocenters. The third kappa shape index (κ3) is 4.19. The Morgan fingerprint density at radius 2 is 2.10 bits per heavy atom. The van der Waals surface area contributed by atoms with Crippen molar-refractivity contribution in [1.82, 2.24) is 14.9 Å². The fraction of sp³-hybridized carbons (Fsp3) is 0.583. The van der Waals surface area contributed by atoms with Crippen LogP contribution in [0.25, 0.3) is 0 Å². The van der Waals surface area contributed by atoms with Crippen molar-refractivity contribution in [2.24, 2.45) is 5.84 Å². The topological polar surface area (TPSA) is 105 Å². The smallest absolute Gasteiger partial charge is 0.244 e. The summed E-state index contributed by atoms with van der Waals surface area (Å²) in [5, 5.41) is 3.68. The normalized spacial score (nSPS) is 16.4. The molecule has 1 fully saturated rings. The number of hydrazine groups is 1. The van der Waals surface area contributed by atoms with Gasteiger partial charge in [0.15, 0.2) is 5.16 Å². The zero-order chi connectivity index (χ0) is 15.2. The highest BCUT2D eigenvalue weighted by Gasteiger charge is 2.22. The summed E-state index contributed by atoms with van der Waals surface area (Å²) in [6.45, 7) is 4.24. The Bertz CT molecular complexity index is 472. The van der Waals surface area contributed by atoms with Crippen LogP contribution in [0.15, 0.2) is 11.2 Å². The maximum absolute atomic E-state index is 12.3. The number of nitrogens with two attached hydrogens (primary N) is 1. The van der Waals surface area contributed by atoms with Crippen molar-refractivity contribution in [3.63, 3.8) is 0 Å². The summed E-state index contributed by atoms with van der Waals surface area (Å²) in [5.74, 6) is 6.48. The van der Waals surface area contributed by atoms with Gasteiger partial charge in [0.1, 0.15) is 17.7 Å². The molecule has 0 bridgehead atoms. The predicted octanol–water partition coefficient (Wildman–Crippen LogP) is 0.143. The predicted molar refractivity (Wildman–Crippen MR) is 82.1 cm³/mol. The number of thioether (sulfide) groups is 1. The van der Waals surface area contributed by atoms with Crippen LogP contribution < -0.4 is 16.6 Å². The summed E-state index contributed by atoms with van der Waals surface area (Å²) in [5.41, 5.74) is 2.49. The second-order valence-corrected chi connectivity index (χ2v) is 5.35. The molecule has 1 atom stereocenters. The molecule has 0 spiro atoms. The summed E-state index contributed by atoms with van der Waals surface area (Å²) < 4.78 is 5.25. The average Bonchev–Trinajstić information content (AvgIpc) is 2.54. The lowest BCUT2D eigenvalue weighted by molar-refractivity contribution is -0.135. The molecule has 116 valence electrons. The maximum atomic E-state index is 12.3. The molecule has 4 N–H and O–H groups in total. The molecule has 0 aliphatic carbocycles. The van der Waals surface area contributed by atoms with Gasteiger partial charge in [-0.3, -0.25) is 4.79 Å². The maximum Gasteiger partial charge on any atom is 0.244 e. The molecule has 21 heavy (non-hydrogen) atoms. The number of carbonyl (C=O) groups excluding carboxylic acids is 1. The third-order valence-electron chi connectivity index (χ3n) is 3.09. The van der Waals surface area contributed by atoms with E-state index in [-0.39, 0.29) is 11.9 Å². The molecule has 9 heteroatoms. The number of morpholine rings is 1. The van der Waals surface area contributed by atoms with E-state index < -0.39 is 0 Å². The highest BCUT2D eigenvalue weighted by atomic mass is 32.2. The van der Waals surface area contributed by atoms with Crippen molar-refractivity contribution >= 4 is 29.3 Å². The fourth-order valence-corrected chi connectivity index (χ4v) is 2.38. The summed E-state index contributed by atoms with van der Waals surface area (Å²) >= 11 is 1.41. The number of hydrogen-bond donors (Lipinski definition) is 3. The van der Waals surface area contributed by atoms with Crippen LogP contribution in [-0.2, 0) is 9.53 Å². The quantitative estimate of drug-likeness (QED) is 0.305. The number of hydrogen-bond acceptors (Lipinski definition) is 8. The monoisotopic (exact) mass is 312 g/mol. The molecular weight excluding hydrogens is 292 g/mol. The van der Waals surface area contributed by atoms with E-state index in [1.807, 2.05) is 13.2 Å². The molecule has 0 radical (unpaired) electrons. The zero-order valence-corrected chi connectivity index (χ0v) is 12.9. The molecule has 0 saturated carbocycles. The summed E-state index contributed by atoms with van der Waals surface area (Å²) in [6.07, 6.45) is 1.88. The van der Waals surface area contributed by atoms with Gasteiger partial charge in [-0.1, -0.05) is 11.8 Å². The number of nitrogen functional groups attached to an aromatic ring is 1. The molecule has 2 heterocycles. The van der Waals surface area contributed by atoms with Gasteiger partial charge in [-0.2, -0.15) is 0 Å². The van der Waals surface area contributed by atoms with Crippen molar-refractivity contribution in [3.8, 4) is 0 Å². The molecule has 2 rings (SSSR count). The highest BCUT2D eigenvalue weighted by Crippen LogP contribution is 2.17. The Morgan fingerprint density at radius 1 is 1.43 bits per heavy atom. The van der Waals surface area contributed by atoms with E-state index in [1.54, 1.807) is 11.0 Å². The van der Waals surface area contributed by atoms with E-state index >= 15 is 0 Å². The van der Waals surface area contributed by atoms with E-state index in [2.05, 4.69) is 20.7 Å². The minimum Gasteiger partial charge on any atom is -0.378 e. The number of nitrogens with one attached hydrogen (secondary N) is 2. The van der Waals surface area contributed by atoms with Crippen LogP contribution in [0.5, 0.6) is 0 Å². The fourth-order valence-electron chi connectivity index (χ4n) is 2.01. The summed E-state index contributed by atoms with van der Waals surface area (Å²) in [6, 6.07) is 1.29. The highest BCUT2D eigenvalue weighted by molar-refractivity contribution is 7.98. The van der Waals surface area contributed by atoms with Gasteiger partial charge in [-0.05, 0) is 13.2 Å². The van der Waals surface area contributed by atoms with Crippen LogP contribution in [0.2, 0.25) is 0 Å². The number of rotatable bonds is 5. The molecule has 8 nitrogen and oxygen atoms in total. The standard InChI is InChI=1S/C12H20N6O2S/c1-8(11(19)18-3-5-20-6-4-18)14-9-7-10(17-13)16-12(15-9)21-2/h7-8H,3-6,13H2,1-2H3,(H2,14,15,16,17). The number of nitrogens with zero attached hydrogens (tertiary/aromatic N) is 3. The molecule has 1 amide bonds. The van der Waals surface area contributed by atoms with E-state index in [9.17, 15) is 4.79 Å². The second-order valence-electron chi connectivity index (χ2n) is 4.57. The first-order valence-corrected chi connectivity index (χ1v) is 7.89. The van der Waals surface area contributed by atoms with Crippen molar-refractivity contribution < 1.29 is 9.53 Å². The first-order valence-electron chi connectivity index (χ1n) is 6.67. The first-order chi connectivity index (χ1) is 10.1. The molecular formula is C12H20N6O2S. The Morgan fingerprint density at radius 3 is 2.71 bits per heavy atom. The van der Waals surface area contributed by atoms with E-state index in [1.165, 1.54) is 11.8 Å². The van der Waals surface area contributed by atoms with Crippen molar-refractivity contribution in [2.75, 3.05) is 43.3 Å².